The maximum Gasteiger partial charge on any atom is 0.407 e. The molecular weight excluding hydrogens is 412 g/mol. The molecule has 4 heterocycles. The van der Waals surface area contributed by atoms with E-state index in [9.17, 15) is 4.79 Å². The smallest absolute Gasteiger partial charge is 0.407 e. The molecule has 0 bridgehead atoms. The van der Waals surface area contributed by atoms with Crippen molar-refractivity contribution in [3.8, 4) is 11.5 Å². The van der Waals surface area contributed by atoms with Crippen molar-refractivity contribution < 1.29 is 9.53 Å². The summed E-state index contributed by atoms with van der Waals surface area (Å²) in [5, 5.41) is 13.1. The van der Waals surface area contributed by atoms with Crippen molar-refractivity contribution in [1.29, 1.82) is 0 Å². The number of hydrogen-bond acceptors (Lipinski definition) is 10. The minimum absolute atomic E-state index is 0.0303. The van der Waals surface area contributed by atoms with E-state index in [1.807, 2.05) is 43.9 Å². The Bertz CT molecular complexity index is 1050. The Kier molecular flexibility index (Phi) is 6.10. The standard InChI is InChI=1S/C20H26N10O2/c1-20(2,3)32-19(31)25-13-7-9-30(11-13)18-24-12-23-17(27-18)22-10-15-26-16(29-28-15)14-6-4-5-8-21-14/h4-6,8,12-13H,7,9-11H2,1-3H3,(H,25,31)(H,26,28,29)(H,22,23,24,27). The van der Waals surface area contributed by atoms with Gasteiger partial charge < -0.3 is 20.3 Å². The Morgan fingerprint density at radius 1 is 1.25 bits per heavy atom. The molecule has 1 saturated heterocycles. The zero-order chi connectivity index (χ0) is 22.6. The molecule has 0 spiro atoms. The number of rotatable bonds is 6. The summed E-state index contributed by atoms with van der Waals surface area (Å²) >= 11 is 0. The van der Waals surface area contributed by atoms with Gasteiger partial charge in [-0.2, -0.15) is 10.1 Å². The second-order valence-electron chi connectivity index (χ2n) is 8.36. The van der Waals surface area contributed by atoms with E-state index in [4.69, 9.17) is 4.74 Å². The molecule has 4 rings (SSSR count). The molecule has 1 amide bonds. The molecule has 1 unspecified atom stereocenters. The monoisotopic (exact) mass is 438 g/mol. The van der Waals surface area contributed by atoms with Gasteiger partial charge in [0.15, 0.2) is 5.82 Å². The zero-order valence-electron chi connectivity index (χ0n) is 18.2. The SMILES string of the molecule is CC(C)(C)OC(=O)NC1CCN(c2ncnc(NCc3nc(-c4ccccn4)n[nH]3)n2)C1. The lowest BCUT2D eigenvalue weighted by Gasteiger charge is -2.22. The predicted molar refractivity (Wildman–Crippen MR) is 117 cm³/mol. The highest BCUT2D eigenvalue weighted by molar-refractivity contribution is 5.68. The van der Waals surface area contributed by atoms with Crippen LogP contribution in [-0.2, 0) is 11.3 Å². The van der Waals surface area contributed by atoms with Crippen LogP contribution < -0.4 is 15.5 Å². The van der Waals surface area contributed by atoms with Crippen LogP contribution in [0.15, 0.2) is 30.7 Å². The van der Waals surface area contributed by atoms with E-state index in [0.29, 0.717) is 42.3 Å². The van der Waals surface area contributed by atoms with E-state index >= 15 is 0 Å². The van der Waals surface area contributed by atoms with Crippen LogP contribution in [0.5, 0.6) is 0 Å². The molecule has 1 fully saturated rings. The number of aromatic nitrogens is 7. The number of amides is 1. The lowest BCUT2D eigenvalue weighted by atomic mass is 10.2. The van der Waals surface area contributed by atoms with Crippen molar-refractivity contribution in [3.05, 3.63) is 36.5 Å². The second kappa shape index (κ2) is 9.12. The van der Waals surface area contributed by atoms with Gasteiger partial charge in [-0.3, -0.25) is 10.1 Å². The van der Waals surface area contributed by atoms with Gasteiger partial charge in [0, 0.05) is 19.3 Å². The highest BCUT2D eigenvalue weighted by atomic mass is 16.6. The molecule has 1 aliphatic rings. The van der Waals surface area contributed by atoms with E-state index < -0.39 is 11.7 Å². The number of alkyl carbamates (subject to hydrolysis) is 1. The highest BCUT2D eigenvalue weighted by Gasteiger charge is 2.27. The molecule has 3 aromatic heterocycles. The summed E-state index contributed by atoms with van der Waals surface area (Å²) in [6.07, 6.45) is 3.52. The number of ether oxygens (including phenoxy) is 1. The first kappa shape index (κ1) is 21.4. The third-order valence-electron chi connectivity index (χ3n) is 4.59. The maximum absolute atomic E-state index is 12.0. The molecule has 0 radical (unpaired) electrons. The molecule has 0 saturated carbocycles. The first-order valence-corrected chi connectivity index (χ1v) is 10.4. The van der Waals surface area contributed by atoms with Gasteiger partial charge in [0.05, 0.1) is 12.6 Å². The average molecular weight is 438 g/mol. The summed E-state index contributed by atoms with van der Waals surface area (Å²) in [5.74, 6) is 2.13. The molecule has 0 aliphatic carbocycles. The normalized spacial score (nSPS) is 16.1. The number of hydrogen-bond donors (Lipinski definition) is 3. The number of H-pyrrole nitrogens is 1. The number of nitrogens with zero attached hydrogens (tertiary/aromatic N) is 7. The van der Waals surface area contributed by atoms with Gasteiger partial charge in [0.1, 0.15) is 23.4 Å². The fraction of sp³-hybridized carbons (Fsp3) is 0.450. The van der Waals surface area contributed by atoms with Crippen molar-refractivity contribution in [1.82, 2.24) is 40.4 Å². The minimum Gasteiger partial charge on any atom is -0.444 e. The van der Waals surface area contributed by atoms with Crippen LogP contribution in [-0.4, -0.2) is 65.9 Å². The summed E-state index contributed by atoms with van der Waals surface area (Å²) in [6, 6.07) is 5.54. The molecule has 1 aliphatic heterocycles. The van der Waals surface area contributed by atoms with Crippen LogP contribution in [0.3, 0.4) is 0 Å². The van der Waals surface area contributed by atoms with E-state index in [0.717, 1.165) is 13.0 Å². The number of carbonyl (C=O) groups is 1. The van der Waals surface area contributed by atoms with Crippen molar-refractivity contribution in [3.63, 3.8) is 0 Å². The third-order valence-corrected chi connectivity index (χ3v) is 4.59. The third kappa shape index (κ3) is 5.65. The van der Waals surface area contributed by atoms with Crippen LogP contribution in [0.25, 0.3) is 11.5 Å². The number of anilines is 2. The van der Waals surface area contributed by atoms with Crippen molar-refractivity contribution in [2.24, 2.45) is 0 Å². The summed E-state index contributed by atoms with van der Waals surface area (Å²) in [4.78, 5) is 35.6. The molecule has 12 heteroatoms. The fourth-order valence-corrected chi connectivity index (χ4v) is 3.21. The molecule has 3 aromatic rings. The number of nitrogens with one attached hydrogen (secondary N) is 3. The van der Waals surface area contributed by atoms with Gasteiger partial charge in [-0.1, -0.05) is 6.07 Å². The van der Waals surface area contributed by atoms with Crippen molar-refractivity contribution in [2.45, 2.75) is 45.4 Å². The van der Waals surface area contributed by atoms with Gasteiger partial charge in [-0.25, -0.2) is 19.7 Å². The van der Waals surface area contributed by atoms with Gasteiger partial charge in [0.25, 0.3) is 0 Å². The largest absolute Gasteiger partial charge is 0.444 e. The van der Waals surface area contributed by atoms with Crippen molar-refractivity contribution >= 4 is 18.0 Å². The molecule has 168 valence electrons. The van der Waals surface area contributed by atoms with Gasteiger partial charge in [0.2, 0.25) is 11.9 Å². The van der Waals surface area contributed by atoms with Gasteiger partial charge >= 0.3 is 6.09 Å². The molecule has 1 atom stereocenters. The fourth-order valence-electron chi connectivity index (χ4n) is 3.21. The van der Waals surface area contributed by atoms with E-state index in [2.05, 4.69) is 45.8 Å². The number of carbonyl (C=O) groups excluding carboxylic acids is 1. The molecule has 3 N–H and O–H groups in total. The van der Waals surface area contributed by atoms with Crippen LogP contribution in [0.2, 0.25) is 0 Å². The first-order valence-electron chi connectivity index (χ1n) is 10.4. The Hall–Kier alpha value is -3.83. The van der Waals surface area contributed by atoms with E-state index in [1.54, 1.807) is 6.20 Å². The van der Waals surface area contributed by atoms with Crippen molar-refractivity contribution in [2.75, 3.05) is 23.3 Å². The highest BCUT2D eigenvalue weighted by Crippen LogP contribution is 2.18. The van der Waals surface area contributed by atoms with E-state index in [1.165, 1.54) is 6.33 Å². The first-order chi connectivity index (χ1) is 15.4. The second-order valence-corrected chi connectivity index (χ2v) is 8.36. The molecular formula is C20H26N10O2. The average Bonchev–Trinajstić information content (AvgIpc) is 3.41. The number of pyridine rings is 1. The summed E-state index contributed by atoms with van der Waals surface area (Å²) in [7, 11) is 0. The lowest BCUT2D eigenvalue weighted by molar-refractivity contribution is 0.0509. The number of aromatic amines is 1. The van der Waals surface area contributed by atoms with Crippen LogP contribution in [0.4, 0.5) is 16.7 Å². The minimum atomic E-state index is -0.529. The Labute approximate surface area is 185 Å². The Morgan fingerprint density at radius 3 is 2.91 bits per heavy atom. The van der Waals surface area contributed by atoms with Gasteiger partial charge in [-0.15, -0.1) is 0 Å². The van der Waals surface area contributed by atoms with Crippen LogP contribution in [0, 0.1) is 0 Å². The molecule has 32 heavy (non-hydrogen) atoms. The lowest BCUT2D eigenvalue weighted by Crippen LogP contribution is -2.40. The van der Waals surface area contributed by atoms with Crippen LogP contribution >= 0.6 is 0 Å². The van der Waals surface area contributed by atoms with E-state index in [-0.39, 0.29) is 6.04 Å². The van der Waals surface area contributed by atoms with Crippen LogP contribution in [0.1, 0.15) is 33.0 Å². The summed E-state index contributed by atoms with van der Waals surface area (Å²) < 4.78 is 5.33. The summed E-state index contributed by atoms with van der Waals surface area (Å²) in [6.45, 7) is 7.20. The molecule has 12 nitrogen and oxygen atoms in total. The maximum atomic E-state index is 12.0. The Balaban J connectivity index is 1.31. The summed E-state index contributed by atoms with van der Waals surface area (Å²) in [5.41, 5.74) is 0.167. The topological polar surface area (TPSA) is 147 Å². The van der Waals surface area contributed by atoms with Gasteiger partial charge in [-0.05, 0) is 39.3 Å². The Morgan fingerprint density at radius 2 is 2.12 bits per heavy atom. The molecule has 0 aromatic carbocycles. The predicted octanol–water partition coefficient (Wildman–Crippen LogP) is 1.77. The zero-order valence-corrected chi connectivity index (χ0v) is 18.2. The quantitative estimate of drug-likeness (QED) is 0.520.